The van der Waals surface area contributed by atoms with Crippen LogP contribution in [0.15, 0.2) is 42.6 Å². The van der Waals surface area contributed by atoms with Gasteiger partial charge in [-0.2, -0.15) is 0 Å². The van der Waals surface area contributed by atoms with E-state index in [1.165, 1.54) is 0 Å². The Morgan fingerprint density at radius 3 is 2.72 bits per heavy atom. The van der Waals surface area contributed by atoms with E-state index < -0.39 is 0 Å². The van der Waals surface area contributed by atoms with Gasteiger partial charge in [0.2, 0.25) is 5.88 Å². The molecule has 0 N–H and O–H groups in total. The molecule has 0 spiro atoms. The minimum atomic E-state index is 0.461. The van der Waals surface area contributed by atoms with Crippen LogP contribution in [0.4, 0.5) is 0 Å². The summed E-state index contributed by atoms with van der Waals surface area (Å²) in [7, 11) is 1.65. The Hall–Kier alpha value is -1.74. The predicted molar refractivity (Wildman–Crippen MR) is 71.1 cm³/mol. The summed E-state index contributed by atoms with van der Waals surface area (Å²) in [6.07, 6.45) is 1.72. The maximum Gasteiger partial charge on any atom is 0.213 e. The minimum absolute atomic E-state index is 0.461. The van der Waals surface area contributed by atoms with Gasteiger partial charge in [-0.15, -0.1) is 11.6 Å². The molecule has 0 bridgehead atoms. The zero-order valence-electron chi connectivity index (χ0n) is 10.1. The van der Waals surface area contributed by atoms with Gasteiger partial charge in [0.15, 0.2) is 0 Å². The molecule has 0 aliphatic carbocycles. The summed E-state index contributed by atoms with van der Waals surface area (Å²) in [5.74, 6) is 1.87. The third-order valence-corrected chi connectivity index (χ3v) is 2.78. The fraction of sp³-hybridized carbons (Fsp3) is 0.214. The van der Waals surface area contributed by atoms with Crippen molar-refractivity contribution in [3.8, 4) is 11.6 Å². The second-order valence-corrected chi connectivity index (χ2v) is 4.05. The Morgan fingerprint density at radius 2 is 2.06 bits per heavy atom. The van der Waals surface area contributed by atoms with Crippen LogP contribution in [-0.4, -0.2) is 12.1 Å². The van der Waals surface area contributed by atoms with E-state index in [0.29, 0.717) is 18.4 Å². The second kappa shape index (κ2) is 6.26. The number of aromatic nitrogens is 1. The van der Waals surface area contributed by atoms with Crippen LogP contribution >= 0.6 is 11.6 Å². The molecule has 0 saturated carbocycles. The highest BCUT2D eigenvalue weighted by Gasteiger charge is 1.99. The van der Waals surface area contributed by atoms with Crippen molar-refractivity contribution < 1.29 is 9.47 Å². The maximum absolute atomic E-state index is 5.69. The Labute approximate surface area is 111 Å². The molecule has 2 aromatic rings. The van der Waals surface area contributed by atoms with Crippen molar-refractivity contribution in [3.63, 3.8) is 0 Å². The molecule has 94 valence electrons. The molecule has 0 fully saturated rings. The zero-order valence-corrected chi connectivity index (χ0v) is 10.9. The number of methoxy groups -OCH3 is 1. The molecule has 0 aliphatic rings. The lowest BCUT2D eigenvalue weighted by Crippen LogP contribution is -1.97. The van der Waals surface area contributed by atoms with Crippen molar-refractivity contribution in [2.45, 2.75) is 12.5 Å². The van der Waals surface area contributed by atoms with Gasteiger partial charge in [-0.3, -0.25) is 0 Å². The van der Waals surface area contributed by atoms with Crippen LogP contribution in [0.5, 0.6) is 11.6 Å². The first-order chi connectivity index (χ1) is 8.81. The first-order valence-corrected chi connectivity index (χ1v) is 6.12. The molecule has 18 heavy (non-hydrogen) atoms. The number of pyridine rings is 1. The van der Waals surface area contributed by atoms with E-state index in [-0.39, 0.29) is 0 Å². The van der Waals surface area contributed by atoms with Gasteiger partial charge < -0.3 is 9.47 Å². The van der Waals surface area contributed by atoms with Gasteiger partial charge in [0, 0.05) is 18.1 Å². The Morgan fingerprint density at radius 1 is 1.17 bits per heavy atom. The molecule has 0 radical (unpaired) electrons. The largest absolute Gasteiger partial charge is 0.497 e. The van der Waals surface area contributed by atoms with Crippen LogP contribution in [0.3, 0.4) is 0 Å². The van der Waals surface area contributed by atoms with Crippen molar-refractivity contribution >= 4 is 11.6 Å². The first kappa shape index (κ1) is 12.7. The average Bonchev–Trinajstić information content (AvgIpc) is 2.46. The second-order valence-electron chi connectivity index (χ2n) is 3.78. The molecule has 0 unspecified atom stereocenters. The smallest absolute Gasteiger partial charge is 0.213 e. The number of alkyl halides is 1. The highest BCUT2D eigenvalue weighted by atomic mass is 35.5. The first-order valence-electron chi connectivity index (χ1n) is 5.58. The van der Waals surface area contributed by atoms with E-state index in [4.69, 9.17) is 21.1 Å². The van der Waals surface area contributed by atoms with Gasteiger partial charge >= 0.3 is 0 Å². The summed E-state index contributed by atoms with van der Waals surface area (Å²) in [6, 6.07) is 11.5. The third-order valence-electron chi connectivity index (χ3n) is 2.47. The summed E-state index contributed by atoms with van der Waals surface area (Å²) in [6.45, 7) is 0.463. The van der Waals surface area contributed by atoms with Gasteiger partial charge in [-0.25, -0.2) is 4.98 Å². The van der Waals surface area contributed by atoms with Gasteiger partial charge in [-0.05, 0) is 23.3 Å². The van der Waals surface area contributed by atoms with Gasteiger partial charge in [-0.1, -0.05) is 18.2 Å². The summed E-state index contributed by atoms with van der Waals surface area (Å²) in [4.78, 5) is 4.17. The molecule has 3 nitrogen and oxygen atoms in total. The Balaban J connectivity index is 1.97. The van der Waals surface area contributed by atoms with E-state index in [1.54, 1.807) is 13.3 Å². The molecule has 2 rings (SSSR count). The molecule has 1 heterocycles. The SMILES string of the molecule is COc1cccc(COc2ccc(CCl)cn2)c1. The summed E-state index contributed by atoms with van der Waals surface area (Å²) < 4.78 is 10.7. The number of halogens is 1. The van der Waals surface area contributed by atoms with Crippen LogP contribution in [0.1, 0.15) is 11.1 Å². The zero-order chi connectivity index (χ0) is 12.8. The highest BCUT2D eigenvalue weighted by molar-refractivity contribution is 6.17. The average molecular weight is 264 g/mol. The van der Waals surface area contributed by atoms with E-state index in [0.717, 1.165) is 16.9 Å². The highest BCUT2D eigenvalue weighted by Crippen LogP contribution is 2.15. The molecule has 0 aliphatic heterocycles. The van der Waals surface area contributed by atoms with Gasteiger partial charge in [0.1, 0.15) is 12.4 Å². The lowest BCUT2D eigenvalue weighted by Gasteiger charge is -2.07. The molecular formula is C14H14ClNO2. The number of nitrogens with zero attached hydrogens (tertiary/aromatic N) is 1. The van der Waals surface area contributed by atoms with Crippen molar-refractivity contribution in [3.05, 3.63) is 53.7 Å². The fourth-order valence-electron chi connectivity index (χ4n) is 1.49. The van der Waals surface area contributed by atoms with Gasteiger partial charge in [0.25, 0.3) is 0 Å². The van der Waals surface area contributed by atoms with Crippen LogP contribution in [-0.2, 0) is 12.5 Å². The topological polar surface area (TPSA) is 31.4 Å². The molecular weight excluding hydrogens is 250 g/mol. The molecule has 1 aromatic carbocycles. The number of hydrogen-bond acceptors (Lipinski definition) is 3. The normalized spacial score (nSPS) is 10.1. The summed E-state index contributed by atoms with van der Waals surface area (Å²) >= 11 is 5.69. The van der Waals surface area contributed by atoms with E-state index in [1.807, 2.05) is 36.4 Å². The van der Waals surface area contributed by atoms with Crippen molar-refractivity contribution in [2.75, 3.05) is 7.11 Å². The molecule has 1 aromatic heterocycles. The van der Waals surface area contributed by atoms with Crippen LogP contribution in [0.25, 0.3) is 0 Å². The van der Waals surface area contributed by atoms with Crippen LogP contribution < -0.4 is 9.47 Å². The monoisotopic (exact) mass is 263 g/mol. The molecule has 0 atom stereocenters. The van der Waals surface area contributed by atoms with Gasteiger partial charge in [0.05, 0.1) is 7.11 Å². The van der Waals surface area contributed by atoms with Crippen LogP contribution in [0, 0.1) is 0 Å². The number of rotatable bonds is 5. The standard InChI is InChI=1S/C14H14ClNO2/c1-17-13-4-2-3-11(7-13)10-18-14-6-5-12(8-15)9-16-14/h2-7,9H,8,10H2,1H3. The van der Waals surface area contributed by atoms with Crippen molar-refractivity contribution in [1.29, 1.82) is 0 Å². The molecule has 0 saturated heterocycles. The minimum Gasteiger partial charge on any atom is -0.497 e. The van der Waals surface area contributed by atoms with E-state index in [9.17, 15) is 0 Å². The van der Waals surface area contributed by atoms with E-state index >= 15 is 0 Å². The third kappa shape index (κ3) is 3.37. The number of ether oxygens (including phenoxy) is 2. The summed E-state index contributed by atoms with van der Waals surface area (Å²) in [5, 5.41) is 0. The van der Waals surface area contributed by atoms with E-state index in [2.05, 4.69) is 4.98 Å². The fourth-order valence-corrected chi connectivity index (χ4v) is 1.65. The quantitative estimate of drug-likeness (QED) is 0.775. The molecule has 4 heteroatoms. The lowest BCUT2D eigenvalue weighted by molar-refractivity contribution is 0.293. The lowest BCUT2D eigenvalue weighted by atomic mass is 10.2. The van der Waals surface area contributed by atoms with Crippen molar-refractivity contribution in [2.24, 2.45) is 0 Å². The summed E-state index contributed by atoms with van der Waals surface area (Å²) in [5.41, 5.74) is 2.02. The number of hydrogen-bond donors (Lipinski definition) is 0. The predicted octanol–water partition coefficient (Wildman–Crippen LogP) is 3.41. The van der Waals surface area contributed by atoms with Crippen molar-refractivity contribution in [1.82, 2.24) is 4.98 Å². The van der Waals surface area contributed by atoms with Crippen LogP contribution in [0.2, 0.25) is 0 Å². The number of benzene rings is 1. The Bertz CT molecular complexity index is 499. The Kier molecular flexibility index (Phi) is 4.42. The molecule has 0 amide bonds. The maximum atomic E-state index is 5.69.